The average Bonchev–Trinajstić information content (AvgIpc) is 3.61. The maximum Gasteiger partial charge on any atom is 0.306 e. The number of carbonyl (C=O) groups is 5. The van der Waals surface area contributed by atoms with Gasteiger partial charge in [0.25, 0.3) is 0 Å². The van der Waals surface area contributed by atoms with Crippen molar-refractivity contribution in [1.82, 2.24) is 24.9 Å². The Morgan fingerprint density at radius 3 is 1.64 bits per heavy atom. The highest BCUT2D eigenvalue weighted by atomic mass is 16.5. The number of rotatable bonds is 24. The number of nitrogens with one attached hydrogen (secondary N) is 1. The second-order valence-electron chi connectivity index (χ2n) is 16.7. The third kappa shape index (κ3) is 13.1. The fourth-order valence-electron chi connectivity index (χ4n) is 8.63. The monoisotopic (exact) mass is 784 g/mol. The Morgan fingerprint density at radius 1 is 0.745 bits per heavy atom. The molecule has 320 valence electrons. The lowest BCUT2D eigenvalue weighted by atomic mass is 9.88. The van der Waals surface area contributed by atoms with Gasteiger partial charge in [0, 0.05) is 42.0 Å². The van der Waals surface area contributed by atoms with E-state index in [0.717, 1.165) is 19.3 Å². The zero-order valence-electron chi connectivity index (χ0n) is 37.0. The van der Waals surface area contributed by atoms with Crippen LogP contribution in [0.4, 0.5) is 0 Å². The van der Waals surface area contributed by atoms with Gasteiger partial charge < -0.3 is 39.3 Å². The van der Waals surface area contributed by atoms with E-state index in [-0.39, 0.29) is 66.2 Å². The molecule has 4 amide bonds. The van der Waals surface area contributed by atoms with E-state index in [1.807, 2.05) is 74.4 Å². The first kappa shape index (κ1) is 50.2. The summed E-state index contributed by atoms with van der Waals surface area (Å²) in [5.74, 6) is -2.70. The highest BCUT2D eigenvalue weighted by Gasteiger charge is 2.45. The molecule has 0 aromatic rings. The van der Waals surface area contributed by atoms with Gasteiger partial charge in [-0.1, -0.05) is 75.2 Å². The Balaban J connectivity index is 3.38. The van der Waals surface area contributed by atoms with E-state index in [9.17, 15) is 29.1 Å². The van der Waals surface area contributed by atoms with E-state index in [1.165, 1.54) is 7.11 Å². The molecule has 0 aromatic carbocycles. The standard InChI is InChI=1S/C41H77N5O9/c1-17-26(7)36(45(13)41(52)34(24(3)4)42-39(50)35(25(5)6)43(10)11)30(53-14)22-32(47)46-21-19-20-29(46)38(55-16)28(9)40(51)44(12)37(27(8)18-2)31(54-15)23-33(48)49/h24-31,34-38H,17-23H2,1-16H3,(H,42,50)(H,48,49)/t26-,27-,28+,29-,30+,31+,34-,35-,36-,37-,38+/m0/s1. The summed E-state index contributed by atoms with van der Waals surface area (Å²) < 4.78 is 17.7. The van der Waals surface area contributed by atoms with Crippen LogP contribution in [0.15, 0.2) is 0 Å². The Bertz CT molecular complexity index is 1220. The van der Waals surface area contributed by atoms with Gasteiger partial charge in [-0.3, -0.25) is 28.9 Å². The molecule has 0 bridgehead atoms. The van der Waals surface area contributed by atoms with Crippen LogP contribution in [0.25, 0.3) is 0 Å². The second kappa shape index (κ2) is 23.4. The summed E-state index contributed by atoms with van der Waals surface area (Å²) in [6, 6.07) is -2.51. The molecule has 0 spiro atoms. The van der Waals surface area contributed by atoms with E-state index in [1.54, 1.807) is 49.9 Å². The van der Waals surface area contributed by atoms with Gasteiger partial charge in [0.2, 0.25) is 23.6 Å². The molecule has 2 N–H and O–H groups in total. The summed E-state index contributed by atoms with van der Waals surface area (Å²) >= 11 is 0. The maximum absolute atomic E-state index is 14.3. The van der Waals surface area contributed by atoms with E-state index in [2.05, 4.69) is 5.32 Å². The van der Waals surface area contributed by atoms with Crippen LogP contribution in [0, 0.1) is 29.6 Å². The minimum atomic E-state index is -1.00. The number of likely N-dealkylation sites (N-methyl/N-ethyl adjacent to an activating group) is 3. The van der Waals surface area contributed by atoms with Crippen molar-refractivity contribution in [3.63, 3.8) is 0 Å². The van der Waals surface area contributed by atoms with Crippen LogP contribution in [-0.2, 0) is 38.2 Å². The molecule has 14 nitrogen and oxygen atoms in total. The third-order valence-electron chi connectivity index (χ3n) is 12.0. The zero-order valence-corrected chi connectivity index (χ0v) is 37.0. The van der Waals surface area contributed by atoms with Gasteiger partial charge in [0.15, 0.2) is 0 Å². The van der Waals surface area contributed by atoms with Crippen molar-refractivity contribution >= 4 is 29.6 Å². The van der Waals surface area contributed by atoms with Crippen molar-refractivity contribution in [2.45, 2.75) is 149 Å². The van der Waals surface area contributed by atoms with Crippen LogP contribution in [0.5, 0.6) is 0 Å². The highest BCUT2D eigenvalue weighted by molar-refractivity contribution is 5.90. The quantitative estimate of drug-likeness (QED) is 0.147. The molecule has 11 atom stereocenters. The second-order valence-corrected chi connectivity index (χ2v) is 16.7. The molecular formula is C41H77N5O9. The molecule has 14 heteroatoms. The summed E-state index contributed by atoms with van der Waals surface area (Å²) in [4.78, 5) is 74.7. The lowest BCUT2D eigenvalue weighted by Gasteiger charge is -2.42. The number of aliphatic carboxylic acids is 1. The molecule has 0 aromatic heterocycles. The fourth-order valence-corrected chi connectivity index (χ4v) is 8.63. The minimum Gasteiger partial charge on any atom is -0.481 e. The van der Waals surface area contributed by atoms with E-state index < -0.39 is 54.4 Å². The molecule has 0 unspecified atom stereocenters. The molecular weight excluding hydrogens is 706 g/mol. The molecule has 1 aliphatic heterocycles. The van der Waals surface area contributed by atoms with E-state index >= 15 is 0 Å². The van der Waals surface area contributed by atoms with Crippen LogP contribution in [-0.4, -0.2) is 159 Å². The van der Waals surface area contributed by atoms with Crippen molar-refractivity contribution in [2.24, 2.45) is 29.6 Å². The van der Waals surface area contributed by atoms with Gasteiger partial charge in [-0.2, -0.15) is 0 Å². The van der Waals surface area contributed by atoms with Gasteiger partial charge in [-0.05, 0) is 50.6 Å². The number of hydrogen-bond acceptors (Lipinski definition) is 9. The van der Waals surface area contributed by atoms with Crippen molar-refractivity contribution in [2.75, 3.05) is 56.1 Å². The summed E-state index contributed by atoms with van der Waals surface area (Å²) in [6.45, 7) is 18.1. The number of hydrogen-bond donors (Lipinski definition) is 2. The SMILES string of the molecule is CC[C@H](C)[C@@H]([C@@H](CC(=O)N1CCC[C@H]1[C@H](OC)[C@@H](C)C(=O)N(C)[C@@H]([C@@H](C)CC)[C@@H](CC(=O)O)OC)OC)N(C)C(=O)[C@@H](NC(=O)[C@H](C(C)C)N(C)C)C(C)C. The van der Waals surface area contributed by atoms with Crippen LogP contribution in [0.3, 0.4) is 0 Å². The Kier molecular flexibility index (Phi) is 21.4. The summed E-state index contributed by atoms with van der Waals surface area (Å²) in [5.41, 5.74) is 0. The molecule has 0 aliphatic carbocycles. The number of carbonyl (C=O) groups excluding carboxylic acids is 4. The van der Waals surface area contributed by atoms with Crippen molar-refractivity contribution in [3.05, 3.63) is 0 Å². The number of amides is 4. The Hall–Kier alpha value is -2.81. The number of carboxylic acids is 1. The molecule has 1 aliphatic rings. The lowest BCUT2D eigenvalue weighted by molar-refractivity contribution is -0.153. The van der Waals surface area contributed by atoms with Gasteiger partial charge in [-0.25, -0.2) is 0 Å². The van der Waals surface area contributed by atoms with Gasteiger partial charge in [0.05, 0.1) is 61.2 Å². The molecule has 1 fully saturated rings. The maximum atomic E-state index is 14.3. The normalized spacial score (nSPS) is 20.3. The predicted molar refractivity (Wildman–Crippen MR) is 214 cm³/mol. The zero-order chi connectivity index (χ0) is 42.5. The largest absolute Gasteiger partial charge is 0.481 e. The van der Waals surface area contributed by atoms with Crippen LogP contribution >= 0.6 is 0 Å². The number of nitrogens with zero attached hydrogens (tertiary/aromatic N) is 4. The van der Waals surface area contributed by atoms with Crippen molar-refractivity contribution < 1.29 is 43.3 Å². The van der Waals surface area contributed by atoms with Crippen LogP contribution in [0.2, 0.25) is 0 Å². The third-order valence-corrected chi connectivity index (χ3v) is 12.0. The smallest absolute Gasteiger partial charge is 0.306 e. The van der Waals surface area contributed by atoms with E-state index in [0.29, 0.717) is 13.0 Å². The van der Waals surface area contributed by atoms with Gasteiger partial charge >= 0.3 is 5.97 Å². The summed E-state index contributed by atoms with van der Waals surface area (Å²) in [7, 11) is 11.7. The Labute approximate surface area is 332 Å². The highest BCUT2D eigenvalue weighted by Crippen LogP contribution is 2.31. The number of carboxylic acid groups (broad SMARTS) is 1. The summed E-state index contributed by atoms with van der Waals surface area (Å²) in [5, 5.41) is 12.6. The minimum absolute atomic E-state index is 0.00778. The topological polar surface area (TPSA) is 158 Å². The van der Waals surface area contributed by atoms with Gasteiger partial charge in [0.1, 0.15) is 6.04 Å². The van der Waals surface area contributed by atoms with E-state index in [4.69, 9.17) is 14.2 Å². The first-order valence-corrected chi connectivity index (χ1v) is 20.3. The van der Waals surface area contributed by atoms with Crippen molar-refractivity contribution in [1.29, 1.82) is 0 Å². The Morgan fingerprint density at radius 2 is 1.24 bits per heavy atom. The lowest BCUT2D eigenvalue weighted by Crippen LogP contribution is -2.59. The molecule has 1 rings (SSSR count). The van der Waals surface area contributed by atoms with Gasteiger partial charge in [-0.15, -0.1) is 0 Å². The number of likely N-dealkylation sites (tertiary alicyclic amines) is 1. The fraction of sp³-hybridized carbons (Fsp3) is 0.878. The first-order valence-electron chi connectivity index (χ1n) is 20.3. The van der Waals surface area contributed by atoms with Crippen molar-refractivity contribution in [3.8, 4) is 0 Å². The van der Waals surface area contributed by atoms with Crippen LogP contribution in [0.1, 0.15) is 101 Å². The molecule has 0 radical (unpaired) electrons. The number of methoxy groups -OCH3 is 3. The molecule has 1 saturated heterocycles. The predicted octanol–water partition coefficient (Wildman–Crippen LogP) is 4.00. The van der Waals surface area contributed by atoms with Crippen LogP contribution < -0.4 is 5.32 Å². The summed E-state index contributed by atoms with van der Waals surface area (Å²) in [6.07, 6.45) is 0.625. The first-order chi connectivity index (χ1) is 25.7. The molecule has 0 saturated carbocycles. The average molecular weight is 784 g/mol. The molecule has 1 heterocycles. The molecule has 55 heavy (non-hydrogen) atoms. The number of ether oxygens (including phenoxy) is 3.